The molecule has 1 fully saturated rings. The number of nitrogens with one attached hydrogen (secondary N) is 2. The SMILES string of the molecule is CCCN1c2ccc(-c3cccc(C(=O)NC)c3)cc2-c2nc(Nc3ccc(N4CCN(C)CC4)cc3)ncc2S1(O)O. The molecule has 224 valence electrons. The van der Waals surface area contributed by atoms with Gasteiger partial charge in [-0.2, -0.15) is 0 Å². The van der Waals surface area contributed by atoms with Crippen molar-refractivity contribution in [3.63, 3.8) is 0 Å². The minimum absolute atomic E-state index is 0.159. The summed E-state index contributed by atoms with van der Waals surface area (Å²) in [6, 6.07) is 21.5. The Balaban J connectivity index is 1.35. The maximum atomic E-state index is 12.3. The number of fused-ring (bicyclic) bond motifs is 3. The molecule has 4 aromatic rings. The summed E-state index contributed by atoms with van der Waals surface area (Å²) in [6.07, 6.45) is 2.24. The van der Waals surface area contributed by atoms with Gasteiger partial charge in [0.15, 0.2) is 0 Å². The average Bonchev–Trinajstić information content (AvgIpc) is 3.03. The number of likely N-dealkylation sites (N-methyl/N-ethyl adjacent to an activating group) is 1. The van der Waals surface area contributed by atoms with Crippen molar-refractivity contribution in [1.29, 1.82) is 0 Å². The van der Waals surface area contributed by atoms with Crippen LogP contribution in [0.15, 0.2) is 77.8 Å². The zero-order valence-corrected chi connectivity index (χ0v) is 25.4. The van der Waals surface area contributed by atoms with Crippen molar-refractivity contribution >= 4 is 39.7 Å². The van der Waals surface area contributed by atoms with Crippen LogP contribution in [0, 0.1) is 0 Å². The fraction of sp³-hybridized carbons (Fsp3) is 0.281. The van der Waals surface area contributed by atoms with Crippen LogP contribution in [0.3, 0.4) is 0 Å². The van der Waals surface area contributed by atoms with Crippen molar-refractivity contribution < 1.29 is 13.9 Å². The molecule has 4 N–H and O–H groups in total. The number of benzene rings is 3. The molecule has 0 spiro atoms. The average molecular weight is 600 g/mol. The highest BCUT2D eigenvalue weighted by Crippen LogP contribution is 2.62. The van der Waals surface area contributed by atoms with E-state index < -0.39 is 10.8 Å². The fourth-order valence-corrected chi connectivity index (χ4v) is 7.30. The molecule has 2 aliphatic rings. The molecular weight excluding hydrogens is 562 g/mol. The summed E-state index contributed by atoms with van der Waals surface area (Å²) in [7, 11) is 0.406. The third-order valence-electron chi connectivity index (χ3n) is 7.98. The lowest BCUT2D eigenvalue weighted by Crippen LogP contribution is -2.44. The minimum Gasteiger partial charge on any atom is -0.369 e. The predicted octanol–water partition coefficient (Wildman–Crippen LogP) is 5.92. The van der Waals surface area contributed by atoms with Crippen LogP contribution in [0.2, 0.25) is 0 Å². The molecule has 2 aliphatic heterocycles. The third kappa shape index (κ3) is 5.64. The van der Waals surface area contributed by atoms with Gasteiger partial charge in [-0.25, -0.2) is 9.97 Å². The summed E-state index contributed by atoms with van der Waals surface area (Å²) in [5.41, 5.74) is 6.28. The lowest BCUT2D eigenvalue weighted by Gasteiger charge is -2.48. The van der Waals surface area contributed by atoms with Gasteiger partial charge in [0.25, 0.3) is 5.91 Å². The van der Waals surface area contributed by atoms with Crippen molar-refractivity contribution in [2.45, 2.75) is 18.2 Å². The Morgan fingerprint density at radius 1 is 0.977 bits per heavy atom. The predicted molar refractivity (Wildman–Crippen MR) is 174 cm³/mol. The van der Waals surface area contributed by atoms with Crippen LogP contribution >= 0.6 is 10.8 Å². The van der Waals surface area contributed by atoms with Gasteiger partial charge in [-0.3, -0.25) is 18.2 Å². The number of hydrogen-bond acceptors (Lipinski definition) is 9. The summed E-state index contributed by atoms with van der Waals surface area (Å²) in [4.78, 5) is 26.6. The van der Waals surface area contributed by atoms with Gasteiger partial charge in [-0.05, 0) is 73.1 Å². The van der Waals surface area contributed by atoms with Crippen LogP contribution in [-0.4, -0.2) is 76.7 Å². The molecule has 0 saturated carbocycles. The van der Waals surface area contributed by atoms with E-state index in [0.717, 1.165) is 55.0 Å². The molecule has 0 unspecified atom stereocenters. The monoisotopic (exact) mass is 599 g/mol. The molecule has 43 heavy (non-hydrogen) atoms. The second-order valence-electron chi connectivity index (χ2n) is 10.9. The highest BCUT2D eigenvalue weighted by molar-refractivity contribution is 8.25. The molecule has 0 aliphatic carbocycles. The smallest absolute Gasteiger partial charge is 0.251 e. The van der Waals surface area contributed by atoms with Crippen molar-refractivity contribution in [2.24, 2.45) is 0 Å². The molecule has 1 saturated heterocycles. The van der Waals surface area contributed by atoms with Crippen LogP contribution in [0.25, 0.3) is 22.4 Å². The van der Waals surface area contributed by atoms with E-state index in [1.807, 2.05) is 55.5 Å². The van der Waals surface area contributed by atoms with Gasteiger partial charge < -0.3 is 20.4 Å². The number of carbonyl (C=O) groups excluding carboxylic acids is 1. The molecule has 0 bridgehead atoms. The Labute approximate surface area is 253 Å². The Hall–Kier alpha value is -4.16. The summed E-state index contributed by atoms with van der Waals surface area (Å²) in [5, 5.41) is 5.97. The first kappa shape index (κ1) is 28.9. The number of rotatable bonds is 7. The Kier molecular flexibility index (Phi) is 7.97. The summed E-state index contributed by atoms with van der Waals surface area (Å²) in [6.45, 7) is 6.54. The van der Waals surface area contributed by atoms with E-state index in [4.69, 9.17) is 4.98 Å². The molecule has 3 aromatic carbocycles. The summed E-state index contributed by atoms with van der Waals surface area (Å²) in [5.74, 6) is 0.205. The Bertz CT molecular complexity index is 1640. The van der Waals surface area contributed by atoms with Crippen LogP contribution in [-0.2, 0) is 0 Å². The molecule has 11 heteroatoms. The number of carbonyl (C=O) groups is 1. The number of anilines is 4. The Morgan fingerprint density at radius 2 is 1.72 bits per heavy atom. The number of nitrogens with zero attached hydrogens (tertiary/aromatic N) is 5. The number of piperazine rings is 1. The zero-order chi connectivity index (χ0) is 30.1. The van der Waals surface area contributed by atoms with E-state index in [0.29, 0.717) is 34.3 Å². The van der Waals surface area contributed by atoms with E-state index in [1.54, 1.807) is 17.4 Å². The van der Waals surface area contributed by atoms with Crippen molar-refractivity contribution in [1.82, 2.24) is 20.2 Å². The third-order valence-corrected chi connectivity index (χ3v) is 9.86. The normalized spacial score (nSPS) is 16.7. The van der Waals surface area contributed by atoms with Gasteiger partial charge in [0.1, 0.15) is 10.6 Å². The van der Waals surface area contributed by atoms with Gasteiger partial charge in [-0.1, -0.05) is 35.9 Å². The molecule has 3 heterocycles. The standard InChI is InChI=1S/C32H37N7O3S/c1-4-14-39-28-13-8-23(22-6-5-7-24(19-22)31(40)33-2)20-27(28)30-29(43(39,41)42)21-34-32(36-30)35-25-9-11-26(12-10-25)38-17-15-37(3)16-18-38/h5-13,19-21,41-42H,4,14-18H2,1-3H3,(H,33,40)(H,34,35,36). The minimum atomic E-state index is -3.35. The molecule has 0 atom stereocenters. The van der Waals surface area contributed by atoms with Crippen LogP contribution in [0.1, 0.15) is 23.7 Å². The summed E-state index contributed by atoms with van der Waals surface area (Å²) < 4.78 is 24.5. The first-order chi connectivity index (χ1) is 20.8. The van der Waals surface area contributed by atoms with Gasteiger partial charge in [0, 0.05) is 62.3 Å². The quantitative estimate of drug-likeness (QED) is 0.205. The van der Waals surface area contributed by atoms with Crippen LogP contribution in [0.4, 0.5) is 23.0 Å². The maximum absolute atomic E-state index is 12.3. The molecule has 1 aromatic heterocycles. The molecule has 0 radical (unpaired) electrons. The number of hydrogen-bond donors (Lipinski definition) is 4. The van der Waals surface area contributed by atoms with Crippen LogP contribution < -0.4 is 19.8 Å². The van der Waals surface area contributed by atoms with Gasteiger partial charge >= 0.3 is 0 Å². The van der Waals surface area contributed by atoms with Gasteiger partial charge in [0.2, 0.25) is 5.95 Å². The summed E-state index contributed by atoms with van der Waals surface area (Å²) >= 11 is 0. The van der Waals surface area contributed by atoms with Crippen molar-refractivity contribution in [3.8, 4) is 22.4 Å². The van der Waals surface area contributed by atoms with E-state index >= 15 is 0 Å². The molecule has 1 amide bonds. The van der Waals surface area contributed by atoms with Gasteiger partial charge in [0.05, 0.1) is 11.9 Å². The molecule has 6 rings (SSSR count). The first-order valence-electron chi connectivity index (χ1n) is 14.5. The first-order valence-corrected chi connectivity index (χ1v) is 16.0. The second kappa shape index (κ2) is 11.8. The molecule has 10 nitrogen and oxygen atoms in total. The van der Waals surface area contributed by atoms with E-state index in [2.05, 4.69) is 44.6 Å². The lowest BCUT2D eigenvalue weighted by atomic mass is 9.98. The second-order valence-corrected chi connectivity index (χ2v) is 12.8. The highest BCUT2D eigenvalue weighted by Gasteiger charge is 2.37. The maximum Gasteiger partial charge on any atom is 0.251 e. The number of amides is 1. The van der Waals surface area contributed by atoms with E-state index in [-0.39, 0.29) is 5.91 Å². The van der Waals surface area contributed by atoms with Crippen LogP contribution in [0.5, 0.6) is 0 Å². The van der Waals surface area contributed by atoms with E-state index in [9.17, 15) is 13.9 Å². The van der Waals surface area contributed by atoms with Crippen molar-refractivity contribution in [2.75, 3.05) is 61.3 Å². The molecular formula is C32H37N7O3S. The topological polar surface area (TPSA) is 117 Å². The largest absolute Gasteiger partial charge is 0.369 e. The lowest BCUT2D eigenvalue weighted by molar-refractivity contribution is 0.0963. The van der Waals surface area contributed by atoms with Gasteiger partial charge in [-0.15, -0.1) is 0 Å². The fourth-order valence-electron chi connectivity index (χ4n) is 5.59. The Morgan fingerprint density at radius 3 is 2.44 bits per heavy atom. The zero-order valence-electron chi connectivity index (χ0n) is 24.6. The highest BCUT2D eigenvalue weighted by atomic mass is 32.3. The van der Waals surface area contributed by atoms with Crippen molar-refractivity contribution in [3.05, 3.63) is 78.5 Å². The van der Waals surface area contributed by atoms with E-state index in [1.165, 1.54) is 11.9 Å². The number of aromatic nitrogens is 2.